The van der Waals surface area contributed by atoms with E-state index >= 15 is 0 Å². The van der Waals surface area contributed by atoms with Gasteiger partial charge in [-0.05, 0) is 24.3 Å². The molecule has 0 spiro atoms. The molecule has 1 aromatic heterocycles. The number of aromatic nitrogens is 2. The Morgan fingerprint density at radius 2 is 1.94 bits per heavy atom. The molecule has 2 rings (SSSR count). The number of hydrogen-bond acceptors (Lipinski definition) is 5. The molecule has 0 atom stereocenters. The van der Waals surface area contributed by atoms with Crippen LogP contribution in [-0.4, -0.2) is 21.2 Å². The van der Waals surface area contributed by atoms with E-state index in [1.54, 1.807) is 18.2 Å². The number of para-hydroxylation sites is 1. The zero-order chi connectivity index (χ0) is 13.0. The largest absolute Gasteiger partial charge is 0.507 e. The number of hydrazine groups is 1. The van der Waals surface area contributed by atoms with Gasteiger partial charge in [0.15, 0.2) is 11.0 Å². The fourth-order valence-corrected chi connectivity index (χ4v) is 1.34. The molecular formula is C11H9ClN4O2. The van der Waals surface area contributed by atoms with E-state index in [1.165, 1.54) is 18.2 Å². The summed E-state index contributed by atoms with van der Waals surface area (Å²) in [5, 5.41) is 17.0. The SMILES string of the molecule is O=C(NNc1ccc(Cl)nn1)c1ccccc1O. The number of carbonyl (C=O) groups excluding carboxylic acids is 1. The number of benzene rings is 1. The molecule has 3 N–H and O–H groups in total. The van der Waals surface area contributed by atoms with E-state index in [-0.39, 0.29) is 16.5 Å². The molecule has 1 heterocycles. The lowest BCUT2D eigenvalue weighted by atomic mass is 10.2. The summed E-state index contributed by atoms with van der Waals surface area (Å²) >= 11 is 5.57. The number of nitrogens with one attached hydrogen (secondary N) is 2. The highest BCUT2D eigenvalue weighted by atomic mass is 35.5. The van der Waals surface area contributed by atoms with Gasteiger partial charge in [-0.25, -0.2) is 0 Å². The maximum Gasteiger partial charge on any atom is 0.273 e. The van der Waals surface area contributed by atoms with Crippen LogP contribution in [0.3, 0.4) is 0 Å². The smallest absolute Gasteiger partial charge is 0.273 e. The lowest BCUT2D eigenvalue weighted by Gasteiger charge is -2.07. The summed E-state index contributed by atoms with van der Waals surface area (Å²) in [6.07, 6.45) is 0. The zero-order valence-electron chi connectivity index (χ0n) is 9.09. The van der Waals surface area contributed by atoms with Gasteiger partial charge in [0.05, 0.1) is 5.56 Å². The normalized spacial score (nSPS) is 9.83. The Bertz CT molecular complexity index is 559. The first-order chi connectivity index (χ1) is 8.66. The number of phenols is 1. The third-order valence-electron chi connectivity index (χ3n) is 2.08. The van der Waals surface area contributed by atoms with Crippen molar-refractivity contribution < 1.29 is 9.90 Å². The Kier molecular flexibility index (Phi) is 3.59. The van der Waals surface area contributed by atoms with E-state index in [0.29, 0.717) is 5.82 Å². The van der Waals surface area contributed by atoms with Gasteiger partial charge in [0.25, 0.3) is 5.91 Å². The minimum atomic E-state index is -0.482. The van der Waals surface area contributed by atoms with E-state index in [1.807, 2.05) is 0 Å². The van der Waals surface area contributed by atoms with Gasteiger partial charge in [-0.2, -0.15) is 0 Å². The van der Waals surface area contributed by atoms with Crippen molar-refractivity contribution in [3.63, 3.8) is 0 Å². The van der Waals surface area contributed by atoms with Crippen LogP contribution in [0.15, 0.2) is 36.4 Å². The summed E-state index contributed by atoms with van der Waals surface area (Å²) < 4.78 is 0. The van der Waals surface area contributed by atoms with E-state index in [9.17, 15) is 9.90 Å². The van der Waals surface area contributed by atoms with E-state index in [4.69, 9.17) is 11.6 Å². The molecule has 6 nitrogen and oxygen atoms in total. The van der Waals surface area contributed by atoms with Gasteiger partial charge in [0, 0.05) is 0 Å². The second-order valence-electron chi connectivity index (χ2n) is 3.34. The highest BCUT2D eigenvalue weighted by Crippen LogP contribution is 2.15. The number of nitrogens with zero attached hydrogens (tertiary/aromatic N) is 2. The van der Waals surface area contributed by atoms with Gasteiger partial charge >= 0.3 is 0 Å². The van der Waals surface area contributed by atoms with Gasteiger partial charge in [0.2, 0.25) is 0 Å². The molecule has 0 radical (unpaired) electrons. The van der Waals surface area contributed by atoms with Crippen LogP contribution >= 0.6 is 11.6 Å². The van der Waals surface area contributed by atoms with Crippen LogP contribution in [0, 0.1) is 0 Å². The zero-order valence-corrected chi connectivity index (χ0v) is 9.85. The number of hydrogen-bond donors (Lipinski definition) is 3. The Hall–Kier alpha value is -2.34. The van der Waals surface area contributed by atoms with Crippen molar-refractivity contribution in [1.82, 2.24) is 15.6 Å². The van der Waals surface area contributed by atoms with Crippen LogP contribution in [0.4, 0.5) is 5.82 Å². The molecule has 0 aliphatic carbocycles. The molecule has 92 valence electrons. The standard InChI is InChI=1S/C11H9ClN4O2/c12-9-5-6-10(14-13-9)15-16-11(18)7-3-1-2-4-8(7)17/h1-6,17H,(H,14,15)(H,16,18). The number of anilines is 1. The van der Waals surface area contributed by atoms with Crippen LogP contribution < -0.4 is 10.9 Å². The maximum absolute atomic E-state index is 11.7. The summed E-state index contributed by atoms with van der Waals surface area (Å²) in [7, 11) is 0. The molecule has 18 heavy (non-hydrogen) atoms. The third-order valence-corrected chi connectivity index (χ3v) is 2.29. The van der Waals surface area contributed by atoms with Crippen molar-refractivity contribution in [2.45, 2.75) is 0 Å². The first-order valence-electron chi connectivity index (χ1n) is 5.00. The molecule has 0 aliphatic rings. The number of carbonyl (C=O) groups is 1. The lowest BCUT2D eigenvalue weighted by Crippen LogP contribution is -2.29. The Morgan fingerprint density at radius 3 is 2.61 bits per heavy atom. The van der Waals surface area contributed by atoms with E-state index in [0.717, 1.165) is 0 Å². The summed E-state index contributed by atoms with van der Waals surface area (Å²) in [5.74, 6) is -0.244. The van der Waals surface area contributed by atoms with E-state index < -0.39 is 5.91 Å². The first kappa shape index (κ1) is 12.1. The number of amides is 1. The molecular weight excluding hydrogens is 256 g/mol. The fraction of sp³-hybridized carbons (Fsp3) is 0. The van der Waals surface area contributed by atoms with Crippen molar-refractivity contribution >= 4 is 23.3 Å². The predicted molar refractivity (Wildman–Crippen MR) is 66.2 cm³/mol. The average Bonchev–Trinajstić information content (AvgIpc) is 2.38. The minimum Gasteiger partial charge on any atom is -0.507 e. The monoisotopic (exact) mass is 264 g/mol. The Balaban J connectivity index is 2.01. The number of rotatable bonds is 3. The summed E-state index contributed by atoms with van der Waals surface area (Å²) in [4.78, 5) is 11.7. The summed E-state index contributed by atoms with van der Waals surface area (Å²) in [6, 6.07) is 9.29. The Morgan fingerprint density at radius 1 is 1.17 bits per heavy atom. The van der Waals surface area contributed by atoms with Gasteiger partial charge < -0.3 is 5.11 Å². The van der Waals surface area contributed by atoms with Crippen molar-refractivity contribution in [2.75, 3.05) is 5.43 Å². The van der Waals surface area contributed by atoms with Crippen LogP contribution in [0.1, 0.15) is 10.4 Å². The molecule has 0 unspecified atom stereocenters. The fourth-order valence-electron chi connectivity index (χ4n) is 1.24. The lowest BCUT2D eigenvalue weighted by molar-refractivity contribution is 0.0960. The topological polar surface area (TPSA) is 87.1 Å². The van der Waals surface area contributed by atoms with Crippen LogP contribution in [-0.2, 0) is 0 Å². The molecule has 0 bridgehead atoms. The predicted octanol–water partition coefficient (Wildman–Crippen LogP) is 1.59. The summed E-state index contributed by atoms with van der Waals surface area (Å²) in [6.45, 7) is 0. The molecule has 2 aromatic rings. The quantitative estimate of drug-likeness (QED) is 0.733. The second-order valence-corrected chi connectivity index (χ2v) is 3.72. The van der Waals surface area contributed by atoms with Crippen molar-refractivity contribution in [2.24, 2.45) is 0 Å². The first-order valence-corrected chi connectivity index (χ1v) is 5.38. The maximum atomic E-state index is 11.7. The molecule has 1 aromatic carbocycles. The molecule has 0 saturated carbocycles. The van der Waals surface area contributed by atoms with Gasteiger partial charge in [0.1, 0.15) is 5.75 Å². The highest BCUT2D eigenvalue weighted by molar-refractivity contribution is 6.29. The van der Waals surface area contributed by atoms with E-state index in [2.05, 4.69) is 21.0 Å². The molecule has 0 aliphatic heterocycles. The van der Waals surface area contributed by atoms with Crippen LogP contribution in [0.5, 0.6) is 5.75 Å². The minimum absolute atomic E-state index is 0.0982. The van der Waals surface area contributed by atoms with Gasteiger partial charge in [-0.15, -0.1) is 10.2 Å². The van der Waals surface area contributed by atoms with Crippen molar-refractivity contribution in [3.8, 4) is 5.75 Å². The van der Waals surface area contributed by atoms with Crippen molar-refractivity contribution in [3.05, 3.63) is 47.1 Å². The number of aromatic hydroxyl groups is 1. The van der Waals surface area contributed by atoms with Gasteiger partial charge in [-0.3, -0.25) is 15.6 Å². The molecule has 7 heteroatoms. The molecule has 0 fully saturated rings. The number of halogens is 1. The summed E-state index contributed by atoms with van der Waals surface area (Å²) in [5.41, 5.74) is 5.09. The molecule has 0 saturated heterocycles. The van der Waals surface area contributed by atoms with Crippen LogP contribution in [0.25, 0.3) is 0 Å². The van der Waals surface area contributed by atoms with Crippen molar-refractivity contribution in [1.29, 1.82) is 0 Å². The third kappa shape index (κ3) is 2.86. The average molecular weight is 265 g/mol. The Labute approximate surface area is 108 Å². The van der Waals surface area contributed by atoms with Crippen LogP contribution in [0.2, 0.25) is 5.15 Å². The second kappa shape index (κ2) is 5.33. The number of phenolic OH excluding ortho intramolecular Hbond substituents is 1. The molecule has 1 amide bonds. The van der Waals surface area contributed by atoms with Gasteiger partial charge in [-0.1, -0.05) is 23.7 Å². The highest BCUT2D eigenvalue weighted by Gasteiger charge is 2.09.